The number of aromatic nitrogens is 1. The number of H-pyrrole nitrogens is 1. The average Bonchev–Trinajstić information content (AvgIpc) is 3.10. The summed E-state index contributed by atoms with van der Waals surface area (Å²) in [6, 6.07) is 16.8. The van der Waals surface area contributed by atoms with Gasteiger partial charge < -0.3 is 20.4 Å². The lowest BCUT2D eigenvalue weighted by Gasteiger charge is -2.16. The Bertz CT molecular complexity index is 980. The fraction of sp³-hybridized carbons (Fsp3) is 0.143. The molecule has 1 atom stereocenters. The second-order valence-corrected chi connectivity index (χ2v) is 7.32. The van der Waals surface area contributed by atoms with Gasteiger partial charge in [0.2, 0.25) is 0 Å². The summed E-state index contributed by atoms with van der Waals surface area (Å²) in [7, 11) is 1.32. The van der Waals surface area contributed by atoms with Crippen molar-refractivity contribution >= 4 is 51.2 Å². The molecule has 0 radical (unpaired) electrons. The molecule has 0 saturated carbocycles. The van der Waals surface area contributed by atoms with Gasteiger partial charge in [-0.15, -0.1) is 0 Å². The zero-order valence-electron chi connectivity index (χ0n) is 15.2. The van der Waals surface area contributed by atoms with Crippen LogP contribution in [0.1, 0.15) is 5.69 Å². The zero-order chi connectivity index (χ0) is 19.9. The van der Waals surface area contributed by atoms with Crippen molar-refractivity contribution in [3.05, 3.63) is 76.0 Å². The van der Waals surface area contributed by atoms with Crippen molar-refractivity contribution in [1.82, 2.24) is 10.3 Å². The number of aromatic amines is 1. The molecule has 0 bridgehead atoms. The summed E-state index contributed by atoms with van der Waals surface area (Å²) >= 11 is 2.16. The van der Waals surface area contributed by atoms with Gasteiger partial charge in [0.05, 0.1) is 18.8 Å². The number of urea groups is 1. The highest BCUT2D eigenvalue weighted by Gasteiger charge is 2.13. The summed E-state index contributed by atoms with van der Waals surface area (Å²) < 4.78 is 5.59. The molecule has 28 heavy (non-hydrogen) atoms. The minimum Gasteiger partial charge on any atom is -0.466 e. The number of hydrogen-bond donors (Lipinski definition) is 3. The fourth-order valence-corrected chi connectivity index (χ4v) is 3.32. The van der Waals surface area contributed by atoms with E-state index in [-0.39, 0.29) is 6.03 Å². The number of fused-ring (bicyclic) bond motifs is 1. The Morgan fingerprint density at radius 1 is 1.18 bits per heavy atom. The van der Waals surface area contributed by atoms with Crippen molar-refractivity contribution in [3.8, 4) is 0 Å². The van der Waals surface area contributed by atoms with Crippen LogP contribution in [0.25, 0.3) is 10.9 Å². The van der Waals surface area contributed by atoms with E-state index in [0.29, 0.717) is 6.42 Å². The molecule has 0 aliphatic carbocycles. The Morgan fingerprint density at radius 2 is 1.93 bits per heavy atom. The van der Waals surface area contributed by atoms with Gasteiger partial charge in [-0.1, -0.05) is 36.4 Å². The molecule has 0 fully saturated rings. The van der Waals surface area contributed by atoms with Crippen LogP contribution in [0.15, 0.2) is 66.7 Å². The first-order valence-electron chi connectivity index (χ1n) is 8.70. The molecule has 1 aromatic heterocycles. The molecule has 3 aromatic rings. The Hall–Kier alpha value is -2.81. The van der Waals surface area contributed by atoms with Gasteiger partial charge in [-0.25, -0.2) is 9.59 Å². The topological polar surface area (TPSA) is 83.2 Å². The Kier molecular flexibility index (Phi) is 6.70. The van der Waals surface area contributed by atoms with Gasteiger partial charge in [-0.3, -0.25) is 0 Å². The number of esters is 1. The van der Waals surface area contributed by atoms with Crippen molar-refractivity contribution in [2.45, 2.75) is 12.5 Å². The van der Waals surface area contributed by atoms with Gasteiger partial charge in [0, 0.05) is 27.3 Å². The molecule has 0 aliphatic rings. The van der Waals surface area contributed by atoms with Crippen LogP contribution in [0.2, 0.25) is 0 Å². The van der Waals surface area contributed by atoms with Gasteiger partial charge in [0.15, 0.2) is 0 Å². The summed E-state index contributed by atoms with van der Waals surface area (Å²) in [5, 5.41) is 6.83. The first-order valence-corrected chi connectivity index (χ1v) is 9.78. The number of nitrogens with one attached hydrogen (secondary N) is 3. The fourth-order valence-electron chi connectivity index (χ4n) is 2.80. The Labute approximate surface area is 176 Å². The third kappa shape index (κ3) is 5.35. The Balaban J connectivity index is 1.74. The third-order valence-electron chi connectivity index (χ3n) is 4.13. The maximum absolute atomic E-state index is 12.5. The SMILES string of the molecule is COC(=O)/C=C/[C@H](Cc1cc2ccccc2[nH]1)NC(=O)Nc1ccccc1I. The highest BCUT2D eigenvalue weighted by molar-refractivity contribution is 14.1. The minimum atomic E-state index is -0.471. The summed E-state index contributed by atoms with van der Waals surface area (Å²) in [6.07, 6.45) is 3.45. The normalized spacial score (nSPS) is 12.1. The number of carbonyl (C=O) groups is 2. The van der Waals surface area contributed by atoms with E-state index >= 15 is 0 Å². The highest BCUT2D eigenvalue weighted by Crippen LogP contribution is 2.18. The molecule has 3 N–H and O–H groups in total. The number of rotatable bonds is 6. The quantitative estimate of drug-likeness (QED) is 0.275. The molecular weight excluding hydrogens is 469 g/mol. The van der Waals surface area contributed by atoms with Crippen LogP contribution in [-0.2, 0) is 16.0 Å². The lowest BCUT2D eigenvalue weighted by atomic mass is 10.1. The lowest BCUT2D eigenvalue weighted by molar-refractivity contribution is -0.134. The van der Waals surface area contributed by atoms with E-state index in [9.17, 15) is 9.59 Å². The number of benzene rings is 2. The molecule has 144 valence electrons. The number of ether oxygens (including phenoxy) is 1. The van der Waals surface area contributed by atoms with Crippen LogP contribution < -0.4 is 10.6 Å². The van der Waals surface area contributed by atoms with E-state index in [0.717, 1.165) is 25.9 Å². The number of para-hydroxylation sites is 2. The lowest BCUT2D eigenvalue weighted by Crippen LogP contribution is -2.38. The molecular formula is C21H20IN3O3. The summed E-state index contributed by atoms with van der Waals surface area (Å²) in [6.45, 7) is 0. The zero-order valence-corrected chi connectivity index (χ0v) is 17.4. The molecule has 0 spiro atoms. The molecule has 3 rings (SSSR count). The first-order chi connectivity index (χ1) is 13.5. The second-order valence-electron chi connectivity index (χ2n) is 6.15. The largest absolute Gasteiger partial charge is 0.466 e. The van der Waals surface area contributed by atoms with Crippen LogP contribution in [0.5, 0.6) is 0 Å². The summed E-state index contributed by atoms with van der Waals surface area (Å²) in [5.74, 6) is -0.471. The Morgan fingerprint density at radius 3 is 2.68 bits per heavy atom. The number of anilines is 1. The highest BCUT2D eigenvalue weighted by atomic mass is 127. The summed E-state index contributed by atoms with van der Waals surface area (Å²) in [5.41, 5.74) is 2.70. The van der Waals surface area contributed by atoms with E-state index in [1.165, 1.54) is 13.2 Å². The van der Waals surface area contributed by atoms with Crippen LogP contribution in [0.4, 0.5) is 10.5 Å². The van der Waals surface area contributed by atoms with E-state index in [1.807, 2.05) is 54.6 Å². The van der Waals surface area contributed by atoms with E-state index < -0.39 is 12.0 Å². The van der Waals surface area contributed by atoms with Gasteiger partial charge in [0.25, 0.3) is 0 Å². The van der Waals surface area contributed by atoms with Crippen molar-refractivity contribution in [3.63, 3.8) is 0 Å². The molecule has 2 amide bonds. The number of carbonyl (C=O) groups excluding carboxylic acids is 2. The van der Waals surface area contributed by atoms with E-state index in [2.05, 4.69) is 42.9 Å². The van der Waals surface area contributed by atoms with E-state index in [1.54, 1.807) is 6.08 Å². The van der Waals surface area contributed by atoms with Crippen LogP contribution >= 0.6 is 22.6 Å². The third-order valence-corrected chi connectivity index (χ3v) is 5.07. The van der Waals surface area contributed by atoms with Gasteiger partial charge in [0.1, 0.15) is 0 Å². The van der Waals surface area contributed by atoms with Gasteiger partial charge in [-0.2, -0.15) is 0 Å². The predicted molar refractivity (Wildman–Crippen MR) is 118 cm³/mol. The molecule has 2 aromatic carbocycles. The smallest absolute Gasteiger partial charge is 0.330 e. The molecule has 0 unspecified atom stereocenters. The van der Waals surface area contributed by atoms with Gasteiger partial charge in [-0.05, 0) is 52.2 Å². The maximum Gasteiger partial charge on any atom is 0.330 e. The van der Waals surface area contributed by atoms with Crippen LogP contribution in [0, 0.1) is 3.57 Å². The standard InChI is InChI=1S/C21H20IN3O3/c1-28-20(26)11-10-15(13-16-12-14-6-2-4-8-18(14)23-16)24-21(27)25-19-9-5-3-7-17(19)22/h2-12,15,23H,13H2,1H3,(H2,24,25,27)/b11-10+/t15-/m1/s1. The molecule has 0 aliphatic heterocycles. The molecule has 6 nitrogen and oxygen atoms in total. The monoisotopic (exact) mass is 489 g/mol. The number of amides is 2. The minimum absolute atomic E-state index is 0.347. The molecule has 1 heterocycles. The van der Waals surface area contributed by atoms with Gasteiger partial charge >= 0.3 is 12.0 Å². The van der Waals surface area contributed by atoms with E-state index in [4.69, 9.17) is 0 Å². The van der Waals surface area contributed by atoms with Crippen molar-refractivity contribution < 1.29 is 14.3 Å². The average molecular weight is 489 g/mol. The van der Waals surface area contributed by atoms with Crippen LogP contribution in [0.3, 0.4) is 0 Å². The second kappa shape index (κ2) is 9.41. The van der Waals surface area contributed by atoms with Crippen molar-refractivity contribution in [2.24, 2.45) is 0 Å². The molecule has 7 heteroatoms. The number of methoxy groups -OCH3 is 1. The maximum atomic E-state index is 12.5. The summed E-state index contributed by atoms with van der Waals surface area (Å²) in [4.78, 5) is 27.3. The van der Waals surface area contributed by atoms with Crippen molar-refractivity contribution in [1.29, 1.82) is 0 Å². The number of hydrogen-bond acceptors (Lipinski definition) is 3. The predicted octanol–water partition coefficient (Wildman–Crippen LogP) is 4.23. The number of halogens is 1. The van der Waals surface area contributed by atoms with Crippen LogP contribution in [-0.4, -0.2) is 30.1 Å². The van der Waals surface area contributed by atoms with Crippen molar-refractivity contribution in [2.75, 3.05) is 12.4 Å². The molecule has 0 saturated heterocycles. The first kappa shape index (κ1) is 19.9.